The molecule has 0 N–H and O–H groups in total. The highest BCUT2D eigenvalue weighted by atomic mass is 16.5. The Labute approximate surface area is 181 Å². The van der Waals surface area contributed by atoms with E-state index < -0.39 is 0 Å². The first-order valence-corrected chi connectivity index (χ1v) is 11.2. The molecule has 0 radical (unpaired) electrons. The van der Waals surface area contributed by atoms with E-state index in [9.17, 15) is 0 Å². The Bertz CT molecular complexity index is 699. The van der Waals surface area contributed by atoms with Gasteiger partial charge in [-0.3, -0.25) is 0 Å². The molecule has 30 heavy (non-hydrogen) atoms. The molecule has 164 valence electrons. The van der Waals surface area contributed by atoms with Crippen LogP contribution in [0.5, 0.6) is 11.5 Å². The molecule has 0 unspecified atom stereocenters. The van der Waals surface area contributed by atoms with Gasteiger partial charge < -0.3 is 14.2 Å². The lowest BCUT2D eigenvalue weighted by Gasteiger charge is -2.08. The van der Waals surface area contributed by atoms with Gasteiger partial charge in [0.15, 0.2) is 11.6 Å². The molecule has 0 spiro atoms. The fraction of sp³-hybridized carbons (Fsp3) is 0.520. The molecule has 2 aromatic rings. The van der Waals surface area contributed by atoms with Crippen LogP contribution in [0.25, 0.3) is 11.4 Å². The maximum atomic E-state index is 5.79. The first kappa shape index (κ1) is 23.9. The molecule has 5 heteroatoms. The van der Waals surface area contributed by atoms with Gasteiger partial charge in [-0.25, -0.2) is 9.97 Å². The van der Waals surface area contributed by atoms with Gasteiger partial charge in [0.05, 0.1) is 25.6 Å². The number of ether oxygens (including phenoxy) is 3. The minimum atomic E-state index is 0.687. The number of allylic oxidation sites excluding steroid dienone is 2. The van der Waals surface area contributed by atoms with E-state index in [1.54, 1.807) is 12.4 Å². The van der Waals surface area contributed by atoms with Crippen LogP contribution in [0.2, 0.25) is 0 Å². The van der Waals surface area contributed by atoms with Gasteiger partial charge in [-0.15, -0.1) is 0 Å². The first-order chi connectivity index (χ1) is 14.8. The van der Waals surface area contributed by atoms with Crippen molar-refractivity contribution in [3.05, 3.63) is 48.8 Å². The third-order valence-electron chi connectivity index (χ3n) is 4.48. The molecule has 1 aromatic heterocycles. The van der Waals surface area contributed by atoms with Crippen LogP contribution in [0.4, 0.5) is 0 Å². The lowest BCUT2D eigenvalue weighted by atomic mass is 10.2. The number of nitrogens with zero attached hydrogens (tertiary/aromatic N) is 2. The number of hydrogen-bond donors (Lipinski definition) is 0. The van der Waals surface area contributed by atoms with E-state index >= 15 is 0 Å². The quantitative estimate of drug-likeness (QED) is 0.241. The van der Waals surface area contributed by atoms with Crippen molar-refractivity contribution in [1.82, 2.24) is 9.97 Å². The van der Waals surface area contributed by atoms with Crippen molar-refractivity contribution in [3.63, 3.8) is 0 Å². The minimum absolute atomic E-state index is 0.687. The second kappa shape index (κ2) is 15.4. The summed E-state index contributed by atoms with van der Waals surface area (Å²) in [5.74, 6) is 2.26. The molecule has 2 rings (SSSR count). The summed E-state index contributed by atoms with van der Waals surface area (Å²) in [5.41, 5.74) is 0.963. The average Bonchev–Trinajstić information content (AvgIpc) is 2.79. The fourth-order valence-corrected chi connectivity index (χ4v) is 2.82. The maximum absolute atomic E-state index is 5.79. The van der Waals surface area contributed by atoms with Crippen molar-refractivity contribution < 1.29 is 14.2 Å². The second-order valence-electron chi connectivity index (χ2n) is 7.16. The standard InChI is InChI=1S/C25H36N2O3/c1-3-5-6-7-8-9-18-30-24-20-26-25(27-21-24)22-12-14-23(15-13-22)29-19-11-10-17-28-16-4-2/h5-6,12-15,20-21H,3-4,7-11,16-19H2,1-2H3/b6-5-. The molecule has 0 saturated heterocycles. The summed E-state index contributed by atoms with van der Waals surface area (Å²) in [7, 11) is 0. The molecule has 0 bridgehead atoms. The zero-order valence-electron chi connectivity index (χ0n) is 18.5. The van der Waals surface area contributed by atoms with Gasteiger partial charge in [0.25, 0.3) is 0 Å². The van der Waals surface area contributed by atoms with E-state index in [4.69, 9.17) is 14.2 Å². The highest BCUT2D eigenvalue weighted by Gasteiger charge is 2.03. The summed E-state index contributed by atoms with van der Waals surface area (Å²) in [5, 5.41) is 0. The molecule has 0 atom stereocenters. The number of benzene rings is 1. The van der Waals surface area contributed by atoms with Gasteiger partial charge in [-0.1, -0.05) is 26.0 Å². The van der Waals surface area contributed by atoms with E-state index in [1.165, 1.54) is 0 Å². The Hall–Kier alpha value is -2.40. The second-order valence-corrected chi connectivity index (χ2v) is 7.16. The van der Waals surface area contributed by atoms with Crippen LogP contribution in [0.1, 0.15) is 58.8 Å². The van der Waals surface area contributed by atoms with Crippen molar-refractivity contribution in [2.24, 2.45) is 0 Å². The molecule has 5 nitrogen and oxygen atoms in total. The zero-order valence-corrected chi connectivity index (χ0v) is 18.5. The van der Waals surface area contributed by atoms with Gasteiger partial charge in [0.1, 0.15) is 5.75 Å². The molecule has 1 heterocycles. The zero-order chi connectivity index (χ0) is 21.3. The number of aromatic nitrogens is 2. The normalized spacial score (nSPS) is 11.1. The van der Waals surface area contributed by atoms with Gasteiger partial charge >= 0.3 is 0 Å². The Morgan fingerprint density at radius 1 is 0.733 bits per heavy atom. The largest absolute Gasteiger partial charge is 0.494 e. The molecular weight excluding hydrogens is 376 g/mol. The maximum Gasteiger partial charge on any atom is 0.159 e. The van der Waals surface area contributed by atoms with Crippen molar-refractivity contribution in [3.8, 4) is 22.9 Å². The molecule has 1 aromatic carbocycles. The lowest BCUT2D eigenvalue weighted by molar-refractivity contribution is 0.127. The minimum Gasteiger partial charge on any atom is -0.494 e. The van der Waals surface area contributed by atoms with E-state index in [0.29, 0.717) is 24.8 Å². The van der Waals surface area contributed by atoms with E-state index in [0.717, 1.165) is 69.5 Å². The monoisotopic (exact) mass is 412 g/mol. The van der Waals surface area contributed by atoms with Crippen LogP contribution in [-0.4, -0.2) is 36.4 Å². The highest BCUT2D eigenvalue weighted by Crippen LogP contribution is 2.20. The van der Waals surface area contributed by atoms with Crippen LogP contribution < -0.4 is 9.47 Å². The summed E-state index contributed by atoms with van der Waals surface area (Å²) in [6, 6.07) is 7.89. The van der Waals surface area contributed by atoms with Crippen LogP contribution >= 0.6 is 0 Å². The van der Waals surface area contributed by atoms with Crippen molar-refractivity contribution in [1.29, 1.82) is 0 Å². The molecule has 0 aliphatic heterocycles. The van der Waals surface area contributed by atoms with Gasteiger partial charge in [0, 0.05) is 18.8 Å². The van der Waals surface area contributed by atoms with E-state index in [-0.39, 0.29) is 0 Å². The number of unbranched alkanes of at least 4 members (excludes halogenated alkanes) is 3. The Morgan fingerprint density at radius 3 is 2.10 bits per heavy atom. The average molecular weight is 413 g/mol. The number of rotatable bonds is 16. The topological polar surface area (TPSA) is 53.5 Å². The smallest absolute Gasteiger partial charge is 0.159 e. The van der Waals surface area contributed by atoms with Gasteiger partial charge in [-0.2, -0.15) is 0 Å². The number of hydrogen-bond acceptors (Lipinski definition) is 5. The molecule has 0 aliphatic carbocycles. The summed E-state index contributed by atoms with van der Waals surface area (Å²) >= 11 is 0. The van der Waals surface area contributed by atoms with Crippen molar-refractivity contribution >= 4 is 0 Å². The summed E-state index contributed by atoms with van der Waals surface area (Å²) in [6.45, 7) is 7.32. The summed E-state index contributed by atoms with van der Waals surface area (Å²) < 4.78 is 17.0. The highest BCUT2D eigenvalue weighted by molar-refractivity contribution is 5.56. The first-order valence-electron chi connectivity index (χ1n) is 11.2. The third-order valence-corrected chi connectivity index (χ3v) is 4.48. The van der Waals surface area contributed by atoms with Crippen molar-refractivity contribution in [2.75, 3.05) is 26.4 Å². The molecule has 0 aliphatic rings. The molecular formula is C25H36N2O3. The van der Waals surface area contributed by atoms with Crippen molar-refractivity contribution in [2.45, 2.75) is 58.8 Å². The summed E-state index contributed by atoms with van der Waals surface area (Å²) in [6.07, 6.45) is 15.4. The van der Waals surface area contributed by atoms with E-state index in [1.807, 2.05) is 24.3 Å². The van der Waals surface area contributed by atoms with Crippen LogP contribution in [0.3, 0.4) is 0 Å². The van der Waals surface area contributed by atoms with Crippen LogP contribution in [0, 0.1) is 0 Å². The predicted molar refractivity (Wildman–Crippen MR) is 122 cm³/mol. The molecule has 0 amide bonds. The predicted octanol–water partition coefficient (Wildman–Crippen LogP) is 6.24. The lowest BCUT2D eigenvalue weighted by Crippen LogP contribution is -2.01. The summed E-state index contributed by atoms with van der Waals surface area (Å²) in [4.78, 5) is 8.85. The Kier molecular flexibility index (Phi) is 12.3. The molecule has 0 saturated carbocycles. The van der Waals surface area contributed by atoms with Crippen LogP contribution in [-0.2, 0) is 4.74 Å². The molecule has 0 fully saturated rings. The Balaban J connectivity index is 1.67. The van der Waals surface area contributed by atoms with Gasteiger partial charge in [-0.05, 0) is 69.2 Å². The third kappa shape index (κ3) is 9.88. The Morgan fingerprint density at radius 2 is 1.40 bits per heavy atom. The fourth-order valence-electron chi connectivity index (χ4n) is 2.82. The van der Waals surface area contributed by atoms with E-state index in [2.05, 4.69) is 36.0 Å². The van der Waals surface area contributed by atoms with Crippen LogP contribution in [0.15, 0.2) is 48.8 Å². The van der Waals surface area contributed by atoms with Gasteiger partial charge in [0.2, 0.25) is 0 Å². The SMILES string of the molecule is CC/C=C\CCCCOc1cnc(-c2ccc(OCCCCOCCC)cc2)nc1.